The van der Waals surface area contributed by atoms with Gasteiger partial charge in [0.2, 0.25) is 0 Å². The molecule has 0 saturated carbocycles. The Hall–Kier alpha value is -1.24. The minimum Gasteiger partial charge on any atom is -0.361 e. The maximum Gasteiger partial charge on any atom is 0.0456 e. The van der Waals surface area contributed by atoms with Crippen LogP contribution in [0.25, 0.3) is 10.9 Å². The van der Waals surface area contributed by atoms with E-state index >= 15 is 0 Å². The van der Waals surface area contributed by atoms with Gasteiger partial charge in [-0.1, -0.05) is 39.8 Å². The summed E-state index contributed by atoms with van der Waals surface area (Å²) in [5.41, 5.74) is 2.68. The highest BCUT2D eigenvalue weighted by Gasteiger charge is 2.03. The summed E-state index contributed by atoms with van der Waals surface area (Å²) in [5, 5.41) is 1.30. The molecule has 2 rings (SSSR count). The van der Waals surface area contributed by atoms with Gasteiger partial charge >= 0.3 is 0 Å². The zero-order valence-electron chi connectivity index (χ0n) is 10.2. The normalized spacial score (nSPS) is 12.0. The molecule has 15 heavy (non-hydrogen) atoms. The average Bonchev–Trinajstić information content (AvgIpc) is 2.77. The van der Waals surface area contributed by atoms with Gasteiger partial charge in [-0.25, -0.2) is 0 Å². The second-order valence-corrected chi connectivity index (χ2v) is 3.63. The Kier molecular flexibility index (Phi) is 4.41. The van der Waals surface area contributed by atoms with Gasteiger partial charge in [0.1, 0.15) is 0 Å². The fraction of sp³-hybridized carbons (Fsp3) is 0.429. The molecule has 0 spiro atoms. The van der Waals surface area contributed by atoms with E-state index in [1.807, 2.05) is 20.0 Å². The summed E-state index contributed by atoms with van der Waals surface area (Å²) in [7, 11) is 0. The molecule has 1 atom stereocenters. The van der Waals surface area contributed by atoms with Gasteiger partial charge in [-0.2, -0.15) is 0 Å². The summed E-state index contributed by atoms with van der Waals surface area (Å²) < 4.78 is 0. The van der Waals surface area contributed by atoms with Crippen molar-refractivity contribution < 1.29 is 1.43 Å². The van der Waals surface area contributed by atoms with Crippen LogP contribution in [-0.2, 0) is 0 Å². The van der Waals surface area contributed by atoms with E-state index in [9.17, 15) is 0 Å². The van der Waals surface area contributed by atoms with Crippen LogP contribution in [0.15, 0.2) is 30.5 Å². The number of aromatic amines is 1. The lowest BCUT2D eigenvalue weighted by Gasteiger charge is -2.08. The zero-order chi connectivity index (χ0) is 11.3. The fourth-order valence-electron chi connectivity index (χ4n) is 1.61. The lowest BCUT2D eigenvalue weighted by molar-refractivity contribution is 0.734. The van der Waals surface area contributed by atoms with Crippen LogP contribution in [0, 0.1) is 0 Å². The van der Waals surface area contributed by atoms with E-state index in [1.165, 1.54) is 22.9 Å². The van der Waals surface area contributed by atoms with Crippen LogP contribution >= 0.6 is 0 Å². The quantitative estimate of drug-likeness (QED) is 0.713. The van der Waals surface area contributed by atoms with Gasteiger partial charge in [-0.15, -0.1) is 0 Å². The maximum atomic E-state index is 3.24. The molecule has 1 unspecified atom stereocenters. The molecule has 0 radical (unpaired) electrons. The summed E-state index contributed by atoms with van der Waals surface area (Å²) in [4.78, 5) is 3.24. The van der Waals surface area contributed by atoms with Crippen molar-refractivity contribution in [3.05, 3.63) is 36.0 Å². The standard InChI is InChI=1S/C12H15N.C2H6.H2/c1-3-9(2)11-5-4-10-6-7-13-12(10)8-11;1-2;/h4-9,13H,3H2,1-2H3;1-2H3;1H. The van der Waals surface area contributed by atoms with Crippen LogP contribution in [-0.4, -0.2) is 4.98 Å². The molecule has 0 aliphatic heterocycles. The van der Waals surface area contributed by atoms with Crippen LogP contribution in [0.2, 0.25) is 0 Å². The fourth-order valence-corrected chi connectivity index (χ4v) is 1.61. The number of nitrogens with one attached hydrogen (secondary N) is 1. The summed E-state index contributed by atoms with van der Waals surface area (Å²) in [6.45, 7) is 8.49. The van der Waals surface area contributed by atoms with Crippen molar-refractivity contribution >= 4 is 10.9 Å². The first-order valence-corrected chi connectivity index (χ1v) is 5.88. The molecule has 84 valence electrons. The molecule has 1 heterocycles. The molecule has 0 aliphatic carbocycles. The highest BCUT2D eigenvalue weighted by molar-refractivity contribution is 5.79. The topological polar surface area (TPSA) is 15.8 Å². The summed E-state index contributed by atoms with van der Waals surface area (Å²) in [5.74, 6) is 0.660. The maximum absolute atomic E-state index is 3.24. The number of H-pyrrole nitrogens is 1. The van der Waals surface area contributed by atoms with Crippen LogP contribution in [0.1, 0.15) is 47.0 Å². The van der Waals surface area contributed by atoms with Crippen molar-refractivity contribution in [2.45, 2.75) is 40.0 Å². The number of benzene rings is 1. The number of rotatable bonds is 2. The first-order chi connectivity index (χ1) is 7.31. The van der Waals surface area contributed by atoms with Gasteiger partial charge < -0.3 is 4.98 Å². The molecule has 1 aromatic carbocycles. The third kappa shape index (κ3) is 2.62. The Labute approximate surface area is 94.0 Å². The van der Waals surface area contributed by atoms with Crippen LogP contribution in [0.5, 0.6) is 0 Å². The van der Waals surface area contributed by atoms with Gasteiger partial charge in [0.05, 0.1) is 0 Å². The monoisotopic (exact) mass is 205 g/mol. The van der Waals surface area contributed by atoms with E-state index in [1.54, 1.807) is 0 Å². The van der Waals surface area contributed by atoms with E-state index in [0.717, 1.165) is 0 Å². The Morgan fingerprint density at radius 3 is 2.67 bits per heavy atom. The molecule has 2 aromatic rings. The minimum atomic E-state index is 0. The zero-order valence-corrected chi connectivity index (χ0v) is 10.2. The lowest BCUT2D eigenvalue weighted by Crippen LogP contribution is -1.90. The van der Waals surface area contributed by atoms with Crippen LogP contribution in [0.3, 0.4) is 0 Å². The predicted molar refractivity (Wildman–Crippen MR) is 70.5 cm³/mol. The van der Waals surface area contributed by atoms with Crippen molar-refractivity contribution in [2.75, 3.05) is 0 Å². The van der Waals surface area contributed by atoms with Crippen molar-refractivity contribution in [1.82, 2.24) is 4.98 Å². The van der Waals surface area contributed by atoms with Gasteiger partial charge in [-0.05, 0) is 35.4 Å². The van der Waals surface area contributed by atoms with Gasteiger partial charge in [0.15, 0.2) is 0 Å². The largest absolute Gasteiger partial charge is 0.361 e. The first kappa shape index (κ1) is 11.8. The van der Waals surface area contributed by atoms with Crippen LogP contribution < -0.4 is 0 Å². The van der Waals surface area contributed by atoms with Gasteiger partial charge in [-0.3, -0.25) is 0 Å². The van der Waals surface area contributed by atoms with Crippen molar-refractivity contribution in [2.24, 2.45) is 0 Å². The van der Waals surface area contributed by atoms with E-state index in [0.29, 0.717) is 5.92 Å². The molecule has 1 aromatic heterocycles. The Morgan fingerprint density at radius 1 is 1.27 bits per heavy atom. The lowest BCUT2D eigenvalue weighted by atomic mass is 9.98. The molecule has 0 fully saturated rings. The Balaban J connectivity index is 0.000000711. The highest BCUT2D eigenvalue weighted by Crippen LogP contribution is 2.22. The summed E-state index contributed by atoms with van der Waals surface area (Å²) >= 11 is 0. The smallest absolute Gasteiger partial charge is 0.0456 e. The average molecular weight is 205 g/mol. The highest BCUT2D eigenvalue weighted by atomic mass is 14.7. The molecule has 1 nitrogen and oxygen atoms in total. The SMILES string of the molecule is CC.CCC(C)c1ccc2cc[nH]c2c1.[HH]. The molecular weight excluding hydrogens is 182 g/mol. The van der Waals surface area contributed by atoms with E-state index in [-0.39, 0.29) is 1.43 Å². The second kappa shape index (κ2) is 5.59. The number of hydrogen-bond acceptors (Lipinski definition) is 0. The van der Waals surface area contributed by atoms with Crippen LogP contribution in [0.4, 0.5) is 0 Å². The van der Waals surface area contributed by atoms with Gasteiger partial charge in [0.25, 0.3) is 0 Å². The Bertz CT molecular complexity index is 406. The van der Waals surface area contributed by atoms with E-state index < -0.39 is 0 Å². The molecule has 0 aliphatic rings. The molecule has 1 N–H and O–H groups in total. The Morgan fingerprint density at radius 2 is 2.00 bits per heavy atom. The number of hydrogen-bond donors (Lipinski definition) is 1. The molecule has 0 saturated heterocycles. The molecular formula is C14H23N. The summed E-state index contributed by atoms with van der Waals surface area (Å²) in [6.07, 6.45) is 3.19. The first-order valence-electron chi connectivity index (χ1n) is 5.88. The van der Waals surface area contributed by atoms with E-state index in [4.69, 9.17) is 0 Å². The number of fused-ring (bicyclic) bond motifs is 1. The van der Waals surface area contributed by atoms with Crippen molar-refractivity contribution in [3.8, 4) is 0 Å². The molecule has 0 bridgehead atoms. The second-order valence-electron chi connectivity index (χ2n) is 3.63. The van der Waals surface area contributed by atoms with E-state index in [2.05, 4.69) is 43.1 Å². The molecule has 1 heteroatoms. The van der Waals surface area contributed by atoms with Crippen molar-refractivity contribution in [3.63, 3.8) is 0 Å². The summed E-state index contributed by atoms with van der Waals surface area (Å²) in [6, 6.07) is 8.77. The van der Waals surface area contributed by atoms with Gasteiger partial charge in [0, 0.05) is 13.1 Å². The molecule has 0 amide bonds. The predicted octanol–water partition coefficient (Wildman–Crippen LogP) is 4.95. The third-order valence-electron chi connectivity index (χ3n) is 2.76. The number of aromatic nitrogens is 1. The minimum absolute atomic E-state index is 0. The third-order valence-corrected chi connectivity index (χ3v) is 2.76. The van der Waals surface area contributed by atoms with Crippen molar-refractivity contribution in [1.29, 1.82) is 0 Å².